The molecular formula is C15H16O4. The third-order valence-corrected chi connectivity index (χ3v) is 3.58. The minimum absolute atomic E-state index is 0.117. The van der Waals surface area contributed by atoms with Gasteiger partial charge in [-0.25, -0.2) is 4.79 Å². The number of carboxylic acid groups (broad SMARTS) is 1. The fraction of sp³-hybridized carbons (Fsp3) is 0.333. The molecule has 0 aromatic heterocycles. The second-order valence-electron chi connectivity index (χ2n) is 5.26. The maximum Gasteiger partial charge on any atom is 0.335 e. The van der Waals surface area contributed by atoms with Crippen LogP contribution in [0.2, 0.25) is 0 Å². The molecule has 2 atom stereocenters. The average molecular weight is 260 g/mol. The smallest absolute Gasteiger partial charge is 0.335 e. The number of rotatable bonds is 4. The Hall–Kier alpha value is -2.10. The normalized spacial score (nSPS) is 24.1. The van der Waals surface area contributed by atoms with Crippen LogP contribution < -0.4 is 4.74 Å². The molecule has 0 heterocycles. The zero-order valence-electron chi connectivity index (χ0n) is 10.9. The lowest BCUT2D eigenvalue weighted by Gasteiger charge is -2.00. The number of carbonyl (C=O) groups excluding carboxylic acids is 1. The van der Waals surface area contributed by atoms with Crippen LogP contribution in [0.3, 0.4) is 0 Å². The molecule has 0 amide bonds. The van der Waals surface area contributed by atoms with E-state index in [9.17, 15) is 9.59 Å². The molecule has 1 aromatic carbocycles. The van der Waals surface area contributed by atoms with Gasteiger partial charge in [-0.2, -0.15) is 0 Å². The largest absolute Gasteiger partial charge is 0.481 e. The summed E-state index contributed by atoms with van der Waals surface area (Å²) in [6, 6.07) is 8.75. The van der Waals surface area contributed by atoms with E-state index in [0.717, 1.165) is 0 Å². The Morgan fingerprint density at radius 1 is 1.26 bits per heavy atom. The van der Waals surface area contributed by atoms with E-state index in [0.29, 0.717) is 5.75 Å². The SMILES string of the molecule is CC1(C)[C@H](C(=O)O)[C@@H]1/C=C\C(=O)Oc1ccccc1. The molecular weight excluding hydrogens is 244 g/mol. The lowest BCUT2D eigenvalue weighted by atomic mass is 10.1. The number of esters is 1. The van der Waals surface area contributed by atoms with Gasteiger partial charge in [-0.05, 0) is 23.5 Å². The molecule has 1 saturated carbocycles. The van der Waals surface area contributed by atoms with Crippen molar-refractivity contribution in [2.24, 2.45) is 17.3 Å². The summed E-state index contributed by atoms with van der Waals surface area (Å²) in [5.41, 5.74) is -0.296. The Balaban J connectivity index is 1.94. The molecule has 0 spiro atoms. The average Bonchev–Trinajstić information content (AvgIpc) is 2.90. The molecule has 0 saturated heterocycles. The number of allylic oxidation sites excluding steroid dienone is 1. The van der Waals surface area contributed by atoms with Crippen LogP contribution in [0.4, 0.5) is 0 Å². The number of hydrogen-bond acceptors (Lipinski definition) is 3. The van der Waals surface area contributed by atoms with Crippen LogP contribution in [0.25, 0.3) is 0 Å². The Kier molecular flexibility index (Phi) is 3.42. The summed E-state index contributed by atoms with van der Waals surface area (Å²) in [5, 5.41) is 9.01. The number of carbonyl (C=O) groups is 2. The van der Waals surface area contributed by atoms with Gasteiger partial charge in [-0.1, -0.05) is 38.1 Å². The van der Waals surface area contributed by atoms with Gasteiger partial charge in [0.05, 0.1) is 5.92 Å². The highest BCUT2D eigenvalue weighted by Gasteiger charge is 2.60. The molecule has 0 radical (unpaired) electrons. The van der Waals surface area contributed by atoms with E-state index in [2.05, 4.69) is 0 Å². The molecule has 1 aromatic rings. The Bertz CT molecular complexity index is 516. The Morgan fingerprint density at radius 3 is 2.42 bits per heavy atom. The van der Waals surface area contributed by atoms with Crippen molar-refractivity contribution in [2.75, 3.05) is 0 Å². The molecule has 4 nitrogen and oxygen atoms in total. The first kappa shape index (κ1) is 13.3. The van der Waals surface area contributed by atoms with E-state index in [4.69, 9.17) is 9.84 Å². The third-order valence-electron chi connectivity index (χ3n) is 3.58. The standard InChI is InChI=1S/C15H16O4/c1-15(2)11(13(15)14(17)18)8-9-12(16)19-10-6-4-3-5-7-10/h3-9,11,13H,1-2H3,(H,17,18)/b9-8-/t11-,13-/m0/s1. The zero-order valence-corrected chi connectivity index (χ0v) is 10.9. The highest BCUT2D eigenvalue weighted by atomic mass is 16.5. The molecule has 2 rings (SSSR count). The van der Waals surface area contributed by atoms with Gasteiger partial charge >= 0.3 is 11.9 Å². The fourth-order valence-corrected chi connectivity index (χ4v) is 2.33. The lowest BCUT2D eigenvalue weighted by molar-refractivity contribution is -0.139. The molecule has 1 fully saturated rings. The lowest BCUT2D eigenvalue weighted by Crippen LogP contribution is -2.04. The van der Waals surface area contributed by atoms with Crippen LogP contribution in [0.15, 0.2) is 42.5 Å². The molecule has 19 heavy (non-hydrogen) atoms. The number of aliphatic carboxylic acids is 1. The van der Waals surface area contributed by atoms with Crippen LogP contribution in [0, 0.1) is 17.3 Å². The second kappa shape index (κ2) is 4.88. The maximum atomic E-state index is 11.6. The van der Waals surface area contributed by atoms with Crippen molar-refractivity contribution in [3.05, 3.63) is 42.5 Å². The molecule has 100 valence electrons. The van der Waals surface area contributed by atoms with E-state index in [1.54, 1.807) is 30.3 Å². The monoisotopic (exact) mass is 260 g/mol. The minimum Gasteiger partial charge on any atom is -0.481 e. The van der Waals surface area contributed by atoms with Crippen molar-refractivity contribution < 1.29 is 19.4 Å². The fourth-order valence-electron chi connectivity index (χ4n) is 2.33. The second-order valence-corrected chi connectivity index (χ2v) is 5.26. The summed E-state index contributed by atoms with van der Waals surface area (Å²) in [4.78, 5) is 22.5. The van der Waals surface area contributed by atoms with E-state index in [1.165, 1.54) is 6.08 Å². The van der Waals surface area contributed by atoms with Gasteiger partial charge in [-0.15, -0.1) is 0 Å². The van der Waals surface area contributed by atoms with Crippen LogP contribution in [0.1, 0.15) is 13.8 Å². The number of ether oxygens (including phenoxy) is 1. The van der Waals surface area contributed by atoms with Gasteiger partial charge in [0.2, 0.25) is 0 Å². The van der Waals surface area contributed by atoms with Crippen molar-refractivity contribution >= 4 is 11.9 Å². The first-order chi connectivity index (χ1) is 8.93. The van der Waals surface area contributed by atoms with Gasteiger partial charge in [0.25, 0.3) is 0 Å². The van der Waals surface area contributed by atoms with E-state index in [-0.39, 0.29) is 11.3 Å². The van der Waals surface area contributed by atoms with Crippen molar-refractivity contribution in [2.45, 2.75) is 13.8 Å². The molecule has 1 aliphatic rings. The van der Waals surface area contributed by atoms with Gasteiger partial charge in [0.1, 0.15) is 5.75 Å². The summed E-state index contributed by atoms with van der Waals surface area (Å²) in [6.07, 6.45) is 2.94. The predicted molar refractivity (Wildman–Crippen MR) is 69.6 cm³/mol. The highest BCUT2D eigenvalue weighted by Crippen LogP contribution is 2.58. The summed E-state index contributed by atoms with van der Waals surface area (Å²) in [5.74, 6) is -1.38. The topological polar surface area (TPSA) is 63.6 Å². The molecule has 0 aliphatic heterocycles. The van der Waals surface area contributed by atoms with E-state index in [1.807, 2.05) is 19.9 Å². The molecule has 0 unspecified atom stereocenters. The highest BCUT2D eigenvalue weighted by molar-refractivity contribution is 5.84. The number of hydrogen-bond donors (Lipinski definition) is 1. The van der Waals surface area contributed by atoms with Crippen LogP contribution in [0.5, 0.6) is 5.75 Å². The van der Waals surface area contributed by atoms with Crippen molar-refractivity contribution in [3.8, 4) is 5.75 Å². The van der Waals surface area contributed by atoms with Crippen molar-refractivity contribution in [3.63, 3.8) is 0 Å². The van der Waals surface area contributed by atoms with Crippen LogP contribution in [-0.2, 0) is 9.59 Å². The number of benzene rings is 1. The molecule has 1 aliphatic carbocycles. The minimum atomic E-state index is -0.823. The molecule has 4 heteroatoms. The number of para-hydroxylation sites is 1. The van der Waals surface area contributed by atoms with Gasteiger partial charge in [-0.3, -0.25) is 4.79 Å². The summed E-state index contributed by atoms with van der Waals surface area (Å²) < 4.78 is 5.08. The van der Waals surface area contributed by atoms with Crippen molar-refractivity contribution in [1.82, 2.24) is 0 Å². The Morgan fingerprint density at radius 2 is 1.89 bits per heavy atom. The quantitative estimate of drug-likeness (QED) is 0.513. The molecule has 1 N–H and O–H groups in total. The maximum absolute atomic E-state index is 11.6. The number of carboxylic acids is 1. The van der Waals surface area contributed by atoms with E-state index < -0.39 is 17.9 Å². The van der Waals surface area contributed by atoms with Crippen LogP contribution in [-0.4, -0.2) is 17.0 Å². The summed E-state index contributed by atoms with van der Waals surface area (Å²) in [6.45, 7) is 3.76. The van der Waals surface area contributed by atoms with Crippen LogP contribution >= 0.6 is 0 Å². The van der Waals surface area contributed by atoms with Gasteiger partial charge < -0.3 is 9.84 Å². The summed E-state index contributed by atoms with van der Waals surface area (Å²) in [7, 11) is 0. The van der Waals surface area contributed by atoms with Crippen molar-refractivity contribution in [1.29, 1.82) is 0 Å². The van der Waals surface area contributed by atoms with E-state index >= 15 is 0 Å². The Labute approximate surface area is 111 Å². The van der Waals surface area contributed by atoms with Gasteiger partial charge in [0, 0.05) is 6.08 Å². The summed E-state index contributed by atoms with van der Waals surface area (Å²) >= 11 is 0. The first-order valence-corrected chi connectivity index (χ1v) is 6.11. The zero-order chi connectivity index (χ0) is 14.0. The third kappa shape index (κ3) is 2.84. The predicted octanol–water partition coefficient (Wildman–Crippen LogP) is 2.51. The first-order valence-electron chi connectivity index (χ1n) is 6.11. The van der Waals surface area contributed by atoms with Gasteiger partial charge in [0.15, 0.2) is 0 Å². The molecule has 0 bridgehead atoms.